The molecule has 0 radical (unpaired) electrons. The van der Waals surface area contributed by atoms with Crippen LogP contribution in [-0.4, -0.2) is 33.3 Å². The molecule has 6 heteroatoms. The molecule has 1 aromatic carbocycles. The number of urea groups is 1. The molecule has 3 rings (SSSR count). The van der Waals surface area contributed by atoms with Crippen LogP contribution in [0.2, 0.25) is 0 Å². The number of hydrogen-bond acceptors (Lipinski definition) is 4. The highest BCUT2D eigenvalue weighted by molar-refractivity contribution is 5.74. The molecule has 0 spiro atoms. The molecule has 0 saturated heterocycles. The van der Waals surface area contributed by atoms with Crippen molar-refractivity contribution in [1.29, 1.82) is 0 Å². The summed E-state index contributed by atoms with van der Waals surface area (Å²) >= 11 is 0. The summed E-state index contributed by atoms with van der Waals surface area (Å²) in [6, 6.07) is 7.55. The molecule has 1 aliphatic carbocycles. The van der Waals surface area contributed by atoms with Crippen molar-refractivity contribution >= 4 is 6.03 Å². The van der Waals surface area contributed by atoms with E-state index >= 15 is 0 Å². The predicted molar refractivity (Wildman–Crippen MR) is 91.2 cm³/mol. The highest BCUT2D eigenvalue weighted by Gasteiger charge is 2.34. The SMILES string of the molecule is CC(NC(=O)NCC1(O)CCC1)c1ccc(-c2cncnc2)cc1. The van der Waals surface area contributed by atoms with Crippen LogP contribution in [-0.2, 0) is 0 Å². The van der Waals surface area contributed by atoms with E-state index in [-0.39, 0.29) is 12.1 Å². The third-order valence-corrected chi connectivity index (χ3v) is 4.51. The number of nitrogens with one attached hydrogen (secondary N) is 2. The number of nitrogens with zero attached hydrogens (tertiary/aromatic N) is 2. The second-order valence-corrected chi connectivity index (χ2v) is 6.38. The fourth-order valence-electron chi connectivity index (χ4n) is 2.75. The normalized spacial score (nSPS) is 16.8. The first kappa shape index (κ1) is 16.4. The summed E-state index contributed by atoms with van der Waals surface area (Å²) in [5.74, 6) is 0. The monoisotopic (exact) mass is 326 g/mol. The molecular weight excluding hydrogens is 304 g/mol. The third-order valence-electron chi connectivity index (χ3n) is 4.51. The lowest BCUT2D eigenvalue weighted by atomic mass is 9.80. The minimum absolute atomic E-state index is 0.123. The maximum absolute atomic E-state index is 12.0. The van der Waals surface area contributed by atoms with Crippen LogP contribution in [0.25, 0.3) is 11.1 Å². The number of carbonyl (C=O) groups is 1. The Morgan fingerprint density at radius 2 is 1.88 bits per heavy atom. The van der Waals surface area contributed by atoms with E-state index in [0.29, 0.717) is 6.54 Å². The highest BCUT2D eigenvalue weighted by Crippen LogP contribution is 2.30. The Hall–Kier alpha value is -2.47. The molecule has 1 aliphatic rings. The van der Waals surface area contributed by atoms with Crippen molar-refractivity contribution in [2.45, 2.75) is 37.8 Å². The van der Waals surface area contributed by atoms with E-state index in [2.05, 4.69) is 20.6 Å². The molecule has 1 saturated carbocycles. The van der Waals surface area contributed by atoms with Crippen molar-refractivity contribution in [3.05, 3.63) is 48.5 Å². The summed E-state index contributed by atoms with van der Waals surface area (Å²) in [7, 11) is 0. The molecule has 0 aliphatic heterocycles. The van der Waals surface area contributed by atoms with Crippen LogP contribution < -0.4 is 10.6 Å². The van der Waals surface area contributed by atoms with Gasteiger partial charge in [0.25, 0.3) is 0 Å². The van der Waals surface area contributed by atoms with E-state index in [1.165, 1.54) is 6.33 Å². The maximum Gasteiger partial charge on any atom is 0.315 e. The van der Waals surface area contributed by atoms with Gasteiger partial charge in [-0.1, -0.05) is 24.3 Å². The molecular formula is C18H22N4O2. The summed E-state index contributed by atoms with van der Waals surface area (Å²) in [6.07, 6.45) is 7.57. The summed E-state index contributed by atoms with van der Waals surface area (Å²) < 4.78 is 0. The van der Waals surface area contributed by atoms with Crippen LogP contribution in [0.1, 0.15) is 37.8 Å². The number of aliphatic hydroxyl groups is 1. The van der Waals surface area contributed by atoms with Gasteiger partial charge >= 0.3 is 6.03 Å². The molecule has 1 aromatic heterocycles. The van der Waals surface area contributed by atoms with Crippen molar-refractivity contribution in [3.8, 4) is 11.1 Å². The van der Waals surface area contributed by atoms with Gasteiger partial charge in [0.15, 0.2) is 0 Å². The fraction of sp³-hybridized carbons (Fsp3) is 0.389. The van der Waals surface area contributed by atoms with Gasteiger partial charge in [-0.2, -0.15) is 0 Å². The topological polar surface area (TPSA) is 87.1 Å². The third kappa shape index (κ3) is 3.89. The fourth-order valence-corrected chi connectivity index (χ4v) is 2.75. The Bertz CT molecular complexity index is 684. The Morgan fingerprint density at radius 3 is 2.46 bits per heavy atom. The van der Waals surface area contributed by atoms with Crippen LogP contribution in [0.4, 0.5) is 4.79 Å². The van der Waals surface area contributed by atoms with Crippen LogP contribution in [0, 0.1) is 0 Å². The van der Waals surface area contributed by atoms with E-state index in [4.69, 9.17) is 0 Å². The zero-order valence-corrected chi connectivity index (χ0v) is 13.7. The number of hydrogen-bond donors (Lipinski definition) is 3. The zero-order chi connectivity index (χ0) is 17.0. The van der Waals surface area contributed by atoms with Gasteiger partial charge in [0, 0.05) is 24.5 Å². The number of carbonyl (C=O) groups excluding carboxylic acids is 1. The van der Waals surface area contributed by atoms with Crippen LogP contribution >= 0.6 is 0 Å². The second kappa shape index (κ2) is 6.97. The minimum Gasteiger partial charge on any atom is -0.388 e. The molecule has 24 heavy (non-hydrogen) atoms. The van der Waals surface area contributed by atoms with Gasteiger partial charge in [-0.3, -0.25) is 0 Å². The average Bonchev–Trinajstić information content (AvgIpc) is 2.59. The van der Waals surface area contributed by atoms with Crippen molar-refractivity contribution < 1.29 is 9.90 Å². The molecule has 126 valence electrons. The molecule has 1 unspecified atom stereocenters. The number of rotatable bonds is 5. The quantitative estimate of drug-likeness (QED) is 0.787. The standard InChI is InChI=1S/C18H22N4O2/c1-13(22-17(23)21-11-18(24)7-2-8-18)14-3-5-15(6-4-14)16-9-19-12-20-10-16/h3-6,9-10,12-13,24H,2,7-8,11H2,1H3,(H2,21,22,23). The lowest BCUT2D eigenvalue weighted by Crippen LogP contribution is -2.50. The average molecular weight is 326 g/mol. The maximum atomic E-state index is 12.0. The summed E-state index contributed by atoms with van der Waals surface area (Å²) in [4.78, 5) is 20.0. The van der Waals surface area contributed by atoms with Crippen LogP contribution in [0.3, 0.4) is 0 Å². The predicted octanol–water partition coefficient (Wildman–Crippen LogP) is 2.42. The van der Waals surface area contributed by atoms with E-state index < -0.39 is 5.60 Å². The van der Waals surface area contributed by atoms with Gasteiger partial charge in [-0.15, -0.1) is 0 Å². The molecule has 6 nitrogen and oxygen atoms in total. The Labute approximate surface area is 141 Å². The van der Waals surface area contributed by atoms with Crippen LogP contribution in [0.5, 0.6) is 0 Å². The number of benzene rings is 1. The van der Waals surface area contributed by atoms with Gasteiger partial charge < -0.3 is 15.7 Å². The molecule has 1 atom stereocenters. The number of aromatic nitrogens is 2. The van der Waals surface area contributed by atoms with Crippen molar-refractivity contribution in [3.63, 3.8) is 0 Å². The van der Waals surface area contributed by atoms with E-state index in [0.717, 1.165) is 36.0 Å². The zero-order valence-electron chi connectivity index (χ0n) is 13.7. The van der Waals surface area contributed by atoms with Crippen molar-refractivity contribution in [2.24, 2.45) is 0 Å². The summed E-state index contributed by atoms with van der Waals surface area (Å²) in [5, 5.41) is 15.6. The van der Waals surface area contributed by atoms with Crippen molar-refractivity contribution in [1.82, 2.24) is 20.6 Å². The van der Waals surface area contributed by atoms with Crippen LogP contribution in [0.15, 0.2) is 43.0 Å². The van der Waals surface area contributed by atoms with Gasteiger partial charge in [0.2, 0.25) is 0 Å². The molecule has 0 bridgehead atoms. The van der Waals surface area contributed by atoms with E-state index in [9.17, 15) is 9.90 Å². The first-order valence-electron chi connectivity index (χ1n) is 8.18. The van der Waals surface area contributed by atoms with E-state index in [1.54, 1.807) is 12.4 Å². The van der Waals surface area contributed by atoms with Gasteiger partial charge in [-0.25, -0.2) is 14.8 Å². The lowest BCUT2D eigenvalue weighted by molar-refractivity contribution is -0.0290. The highest BCUT2D eigenvalue weighted by atomic mass is 16.3. The second-order valence-electron chi connectivity index (χ2n) is 6.38. The van der Waals surface area contributed by atoms with Gasteiger partial charge in [-0.05, 0) is 37.3 Å². The molecule has 1 heterocycles. The summed E-state index contributed by atoms with van der Waals surface area (Å²) in [6.45, 7) is 2.23. The Balaban J connectivity index is 1.54. The largest absolute Gasteiger partial charge is 0.388 e. The molecule has 1 fully saturated rings. The van der Waals surface area contributed by atoms with E-state index in [1.807, 2.05) is 31.2 Å². The van der Waals surface area contributed by atoms with Gasteiger partial charge in [0.1, 0.15) is 6.33 Å². The number of amides is 2. The first-order chi connectivity index (χ1) is 11.6. The first-order valence-corrected chi connectivity index (χ1v) is 8.18. The Morgan fingerprint density at radius 1 is 1.21 bits per heavy atom. The smallest absolute Gasteiger partial charge is 0.315 e. The Kier molecular flexibility index (Phi) is 4.76. The molecule has 3 N–H and O–H groups in total. The van der Waals surface area contributed by atoms with Gasteiger partial charge in [0.05, 0.1) is 11.6 Å². The minimum atomic E-state index is -0.708. The molecule has 2 aromatic rings. The summed E-state index contributed by atoms with van der Waals surface area (Å²) in [5.41, 5.74) is 2.28. The molecule has 2 amide bonds. The van der Waals surface area contributed by atoms with Crippen molar-refractivity contribution in [2.75, 3.05) is 6.54 Å². The lowest BCUT2D eigenvalue weighted by Gasteiger charge is -2.36.